The normalized spacial score (nSPS) is 10.5. The topological polar surface area (TPSA) is 69.6 Å². The maximum atomic E-state index is 5.65. The second-order valence-corrected chi connectivity index (χ2v) is 3.45. The van der Waals surface area contributed by atoms with E-state index in [0.29, 0.717) is 18.2 Å². The molecule has 0 aliphatic rings. The van der Waals surface area contributed by atoms with Crippen molar-refractivity contribution in [2.75, 3.05) is 5.73 Å². The summed E-state index contributed by atoms with van der Waals surface area (Å²) in [4.78, 5) is 12.6. The lowest BCUT2D eigenvalue weighted by Gasteiger charge is -2.05. The van der Waals surface area contributed by atoms with Crippen molar-refractivity contribution >= 4 is 5.82 Å². The minimum absolute atomic E-state index is 0.510. The Morgan fingerprint density at radius 2 is 2.13 bits per heavy atom. The van der Waals surface area contributed by atoms with Crippen LogP contribution in [0.2, 0.25) is 0 Å². The van der Waals surface area contributed by atoms with Crippen molar-refractivity contribution in [1.29, 1.82) is 0 Å². The first-order valence-electron chi connectivity index (χ1n) is 4.73. The Balaban J connectivity index is 2.28. The maximum Gasteiger partial charge on any atom is 0.150 e. The van der Waals surface area contributed by atoms with Gasteiger partial charge in [0.25, 0.3) is 0 Å². The van der Waals surface area contributed by atoms with Crippen molar-refractivity contribution in [1.82, 2.24) is 19.5 Å². The third-order valence-electron chi connectivity index (χ3n) is 2.16. The lowest BCUT2D eigenvalue weighted by atomic mass is 10.4. The van der Waals surface area contributed by atoms with Crippen LogP contribution in [0.1, 0.15) is 17.3 Å². The van der Waals surface area contributed by atoms with Gasteiger partial charge in [-0.2, -0.15) is 0 Å². The molecule has 0 saturated heterocycles. The van der Waals surface area contributed by atoms with Crippen LogP contribution in [-0.4, -0.2) is 19.5 Å². The number of aromatic nitrogens is 4. The minimum Gasteiger partial charge on any atom is -0.384 e. The third-order valence-corrected chi connectivity index (χ3v) is 2.16. The van der Waals surface area contributed by atoms with Crippen LogP contribution < -0.4 is 5.73 Å². The molecule has 2 aromatic rings. The Morgan fingerprint density at radius 1 is 1.33 bits per heavy atom. The lowest BCUT2D eigenvalue weighted by molar-refractivity contribution is 0.715. The monoisotopic (exact) mass is 203 g/mol. The van der Waals surface area contributed by atoms with Gasteiger partial charge < -0.3 is 10.3 Å². The summed E-state index contributed by atoms with van der Waals surface area (Å²) >= 11 is 0. The number of nitrogens with two attached hydrogens (primary N) is 1. The van der Waals surface area contributed by atoms with E-state index < -0.39 is 0 Å². The van der Waals surface area contributed by atoms with E-state index in [1.807, 2.05) is 24.6 Å². The van der Waals surface area contributed by atoms with Crippen LogP contribution in [0.5, 0.6) is 0 Å². The zero-order valence-electron chi connectivity index (χ0n) is 8.81. The molecule has 0 radical (unpaired) electrons. The van der Waals surface area contributed by atoms with Gasteiger partial charge in [-0.1, -0.05) is 0 Å². The van der Waals surface area contributed by atoms with E-state index in [1.54, 1.807) is 12.3 Å². The van der Waals surface area contributed by atoms with Crippen molar-refractivity contribution in [3.8, 4) is 0 Å². The molecule has 0 unspecified atom stereocenters. The molecule has 0 atom stereocenters. The van der Waals surface area contributed by atoms with Gasteiger partial charge in [0.05, 0.1) is 6.54 Å². The van der Waals surface area contributed by atoms with Crippen LogP contribution in [0.3, 0.4) is 0 Å². The molecular weight excluding hydrogens is 190 g/mol. The molecule has 0 spiro atoms. The lowest BCUT2D eigenvalue weighted by Crippen LogP contribution is -2.07. The fourth-order valence-corrected chi connectivity index (χ4v) is 1.45. The first-order valence-corrected chi connectivity index (χ1v) is 4.73. The number of imidazole rings is 1. The van der Waals surface area contributed by atoms with Crippen molar-refractivity contribution in [2.24, 2.45) is 0 Å². The molecule has 0 aromatic carbocycles. The smallest absolute Gasteiger partial charge is 0.150 e. The summed E-state index contributed by atoms with van der Waals surface area (Å²) in [7, 11) is 0. The van der Waals surface area contributed by atoms with Crippen LogP contribution in [0, 0.1) is 13.8 Å². The predicted octanol–water partition coefficient (Wildman–Crippen LogP) is 0.920. The van der Waals surface area contributed by atoms with Crippen molar-refractivity contribution in [2.45, 2.75) is 20.4 Å². The number of nitrogen functional groups attached to an aromatic ring is 1. The van der Waals surface area contributed by atoms with E-state index in [-0.39, 0.29) is 0 Å². The molecule has 0 aliphatic heterocycles. The SMILES string of the molecule is Cc1cc(N)nc(Cn2ccnc2C)n1. The van der Waals surface area contributed by atoms with Crippen molar-refractivity contribution in [3.05, 3.63) is 35.8 Å². The summed E-state index contributed by atoms with van der Waals surface area (Å²) in [5.41, 5.74) is 6.53. The van der Waals surface area contributed by atoms with Gasteiger partial charge in [-0.05, 0) is 13.8 Å². The molecular formula is C10H13N5. The average molecular weight is 203 g/mol. The molecule has 2 rings (SSSR count). The Labute approximate surface area is 88.0 Å². The molecule has 5 nitrogen and oxygen atoms in total. The van der Waals surface area contributed by atoms with Crippen LogP contribution in [0.25, 0.3) is 0 Å². The van der Waals surface area contributed by atoms with Gasteiger partial charge in [0.2, 0.25) is 0 Å². The Kier molecular flexibility index (Phi) is 2.37. The van der Waals surface area contributed by atoms with Gasteiger partial charge in [0.15, 0.2) is 5.82 Å². The Bertz CT molecular complexity index is 454. The van der Waals surface area contributed by atoms with Crippen LogP contribution in [0.15, 0.2) is 18.5 Å². The average Bonchev–Trinajstić information content (AvgIpc) is 2.50. The highest BCUT2D eigenvalue weighted by Gasteiger charge is 2.02. The molecule has 0 aliphatic carbocycles. The van der Waals surface area contributed by atoms with Gasteiger partial charge in [-0.25, -0.2) is 15.0 Å². The highest BCUT2D eigenvalue weighted by molar-refractivity contribution is 5.29. The number of hydrogen-bond acceptors (Lipinski definition) is 4. The van der Waals surface area contributed by atoms with Gasteiger partial charge in [0, 0.05) is 24.2 Å². The summed E-state index contributed by atoms with van der Waals surface area (Å²) in [6, 6.07) is 1.75. The van der Waals surface area contributed by atoms with Gasteiger partial charge >= 0.3 is 0 Å². The molecule has 2 aromatic heterocycles. The number of anilines is 1. The molecule has 0 saturated carbocycles. The summed E-state index contributed by atoms with van der Waals surface area (Å²) in [5.74, 6) is 2.17. The number of aryl methyl sites for hydroxylation is 2. The summed E-state index contributed by atoms with van der Waals surface area (Å²) in [5, 5.41) is 0. The second kappa shape index (κ2) is 3.68. The molecule has 78 valence electrons. The van der Waals surface area contributed by atoms with E-state index in [1.165, 1.54) is 0 Å². The molecule has 0 amide bonds. The van der Waals surface area contributed by atoms with E-state index in [0.717, 1.165) is 11.5 Å². The van der Waals surface area contributed by atoms with Crippen LogP contribution >= 0.6 is 0 Å². The van der Waals surface area contributed by atoms with Crippen LogP contribution in [-0.2, 0) is 6.54 Å². The van der Waals surface area contributed by atoms with Crippen molar-refractivity contribution in [3.63, 3.8) is 0 Å². The molecule has 0 fully saturated rings. The largest absolute Gasteiger partial charge is 0.384 e. The van der Waals surface area contributed by atoms with Gasteiger partial charge in [-0.3, -0.25) is 0 Å². The van der Waals surface area contributed by atoms with E-state index >= 15 is 0 Å². The summed E-state index contributed by atoms with van der Waals surface area (Å²) in [6.45, 7) is 4.46. The first kappa shape index (κ1) is 9.64. The van der Waals surface area contributed by atoms with Gasteiger partial charge in [-0.15, -0.1) is 0 Å². The zero-order valence-corrected chi connectivity index (χ0v) is 8.81. The van der Waals surface area contributed by atoms with E-state index in [9.17, 15) is 0 Å². The Morgan fingerprint density at radius 3 is 2.73 bits per heavy atom. The first-order chi connectivity index (χ1) is 7.15. The summed E-state index contributed by atoms with van der Waals surface area (Å²) < 4.78 is 1.98. The fourth-order valence-electron chi connectivity index (χ4n) is 1.45. The van der Waals surface area contributed by atoms with E-state index in [4.69, 9.17) is 5.73 Å². The van der Waals surface area contributed by atoms with Gasteiger partial charge in [0.1, 0.15) is 11.6 Å². The third kappa shape index (κ3) is 2.12. The second-order valence-electron chi connectivity index (χ2n) is 3.45. The molecule has 15 heavy (non-hydrogen) atoms. The number of nitrogens with zero attached hydrogens (tertiary/aromatic N) is 4. The molecule has 0 bridgehead atoms. The fraction of sp³-hybridized carbons (Fsp3) is 0.300. The minimum atomic E-state index is 0.510. The number of rotatable bonds is 2. The summed E-state index contributed by atoms with van der Waals surface area (Å²) in [6.07, 6.45) is 3.66. The molecule has 2 heterocycles. The molecule has 2 N–H and O–H groups in total. The Hall–Kier alpha value is -1.91. The maximum absolute atomic E-state index is 5.65. The highest BCUT2D eigenvalue weighted by atomic mass is 15.1. The predicted molar refractivity (Wildman–Crippen MR) is 57.2 cm³/mol. The highest BCUT2D eigenvalue weighted by Crippen LogP contribution is 2.05. The number of hydrogen-bond donors (Lipinski definition) is 1. The standard InChI is InChI=1S/C10H13N5/c1-7-5-9(11)14-10(13-7)6-15-4-3-12-8(15)2/h3-5H,6H2,1-2H3,(H2,11,13,14). The quantitative estimate of drug-likeness (QED) is 0.788. The van der Waals surface area contributed by atoms with Crippen LogP contribution in [0.4, 0.5) is 5.82 Å². The van der Waals surface area contributed by atoms with E-state index in [2.05, 4.69) is 15.0 Å². The molecule has 5 heteroatoms. The zero-order chi connectivity index (χ0) is 10.8. The van der Waals surface area contributed by atoms with Crippen molar-refractivity contribution < 1.29 is 0 Å².